The van der Waals surface area contributed by atoms with Crippen LogP contribution in [-0.2, 0) is 16.4 Å². The zero-order valence-electron chi connectivity index (χ0n) is 18.5. The molecule has 0 bridgehead atoms. The maximum absolute atomic E-state index is 13.3. The fraction of sp³-hybridized carbons (Fsp3) is 0.320. The monoisotopic (exact) mass is 501 g/mol. The molecular formula is C25H25ClFN3O3S. The smallest absolute Gasteiger partial charge is 0.240 e. The first-order valence-corrected chi connectivity index (χ1v) is 13.2. The van der Waals surface area contributed by atoms with Gasteiger partial charge in [0.05, 0.1) is 10.6 Å². The molecule has 1 aliphatic heterocycles. The van der Waals surface area contributed by atoms with Crippen LogP contribution in [0.5, 0.6) is 0 Å². The maximum Gasteiger partial charge on any atom is 0.240 e. The van der Waals surface area contributed by atoms with E-state index in [1.54, 1.807) is 30.3 Å². The molecule has 1 atom stereocenters. The second-order valence-electron chi connectivity index (χ2n) is 8.83. The molecule has 0 saturated carbocycles. The van der Waals surface area contributed by atoms with E-state index in [0.717, 1.165) is 60.7 Å². The molecule has 1 unspecified atom stereocenters. The normalized spacial score (nSPS) is 17.2. The molecule has 1 saturated heterocycles. The standard InChI is InChI=1S/C25H25ClFN3O3S/c26-20-5-3-19-13-22(7-4-18(19)12-20)34(31,32)28-15-17-9-11-30(16-17)10-1-2-24-23-8-6-21(27)14-25(23)33-29-24/h3-8,12-14,17,28H,1-2,9-11,15-16H2. The lowest BCUT2D eigenvalue weighted by atomic mass is 10.1. The summed E-state index contributed by atoms with van der Waals surface area (Å²) in [5, 5.41) is 7.30. The SMILES string of the molecule is O=S(=O)(NCC1CCN(CCCc2noc3cc(F)ccc23)C1)c1ccc2cc(Cl)ccc2c1. The van der Waals surface area contributed by atoms with Crippen molar-refractivity contribution in [1.29, 1.82) is 0 Å². The van der Waals surface area contributed by atoms with Gasteiger partial charge in [-0.3, -0.25) is 0 Å². The highest BCUT2D eigenvalue weighted by atomic mass is 35.5. The number of fused-ring (bicyclic) bond motifs is 2. The van der Waals surface area contributed by atoms with Gasteiger partial charge in [-0.2, -0.15) is 0 Å². The number of likely N-dealkylation sites (tertiary alicyclic amines) is 1. The first-order valence-electron chi connectivity index (χ1n) is 11.3. The fourth-order valence-electron chi connectivity index (χ4n) is 4.57. The number of hydrogen-bond donors (Lipinski definition) is 1. The molecule has 1 aromatic heterocycles. The van der Waals surface area contributed by atoms with Crippen LogP contribution < -0.4 is 4.72 Å². The summed E-state index contributed by atoms with van der Waals surface area (Å²) in [6.07, 6.45) is 2.60. The molecule has 178 valence electrons. The molecule has 0 radical (unpaired) electrons. The molecular weight excluding hydrogens is 477 g/mol. The first-order chi connectivity index (χ1) is 16.4. The number of nitrogens with zero attached hydrogens (tertiary/aromatic N) is 2. The van der Waals surface area contributed by atoms with Crippen molar-refractivity contribution in [3.63, 3.8) is 0 Å². The van der Waals surface area contributed by atoms with Gasteiger partial charge >= 0.3 is 0 Å². The maximum atomic E-state index is 13.3. The zero-order chi connectivity index (χ0) is 23.7. The number of aromatic nitrogens is 1. The van der Waals surface area contributed by atoms with Crippen LogP contribution in [0.1, 0.15) is 18.5 Å². The Hall–Kier alpha value is -2.52. The van der Waals surface area contributed by atoms with Gasteiger partial charge in [0.1, 0.15) is 5.82 Å². The average Bonchev–Trinajstić information content (AvgIpc) is 3.44. The minimum Gasteiger partial charge on any atom is -0.356 e. The predicted molar refractivity (Wildman–Crippen MR) is 131 cm³/mol. The Labute approximate surface area is 202 Å². The summed E-state index contributed by atoms with van der Waals surface area (Å²) in [6.45, 7) is 3.10. The third-order valence-corrected chi connectivity index (χ3v) is 8.07. The van der Waals surface area contributed by atoms with E-state index in [2.05, 4.69) is 14.8 Å². The van der Waals surface area contributed by atoms with Crippen LogP contribution in [0.3, 0.4) is 0 Å². The number of hydrogen-bond acceptors (Lipinski definition) is 5. The number of rotatable bonds is 8. The Bertz CT molecular complexity index is 1440. The van der Waals surface area contributed by atoms with Crippen molar-refractivity contribution in [2.45, 2.75) is 24.2 Å². The van der Waals surface area contributed by atoms with Crippen molar-refractivity contribution in [3.05, 3.63) is 71.1 Å². The van der Waals surface area contributed by atoms with Crippen molar-refractivity contribution in [1.82, 2.24) is 14.8 Å². The van der Waals surface area contributed by atoms with Crippen molar-refractivity contribution >= 4 is 43.4 Å². The largest absolute Gasteiger partial charge is 0.356 e. The highest BCUT2D eigenvalue weighted by Gasteiger charge is 2.24. The molecule has 1 fully saturated rings. The van der Waals surface area contributed by atoms with Crippen LogP contribution in [0.4, 0.5) is 4.39 Å². The van der Waals surface area contributed by atoms with E-state index in [0.29, 0.717) is 17.2 Å². The Morgan fingerprint density at radius 3 is 2.82 bits per heavy atom. The van der Waals surface area contributed by atoms with Gasteiger partial charge in [-0.25, -0.2) is 17.5 Å². The predicted octanol–water partition coefficient (Wildman–Crippen LogP) is 5.01. The summed E-state index contributed by atoms with van der Waals surface area (Å²) in [7, 11) is -3.58. The molecule has 5 rings (SSSR count). The summed E-state index contributed by atoms with van der Waals surface area (Å²) in [6, 6.07) is 15.0. The average molecular weight is 502 g/mol. The molecule has 1 N–H and O–H groups in total. The molecule has 1 aliphatic rings. The van der Waals surface area contributed by atoms with Crippen molar-refractivity contribution in [2.24, 2.45) is 5.92 Å². The Balaban J connectivity index is 1.11. The van der Waals surface area contributed by atoms with E-state index in [4.69, 9.17) is 16.1 Å². The van der Waals surface area contributed by atoms with Crippen LogP contribution in [0.2, 0.25) is 5.02 Å². The molecule has 0 spiro atoms. The quantitative estimate of drug-likeness (QED) is 0.367. The summed E-state index contributed by atoms with van der Waals surface area (Å²) < 4.78 is 47.0. The summed E-state index contributed by atoms with van der Waals surface area (Å²) in [5.74, 6) is -0.0654. The topological polar surface area (TPSA) is 75.4 Å². The third kappa shape index (κ3) is 5.10. The lowest BCUT2D eigenvalue weighted by molar-refractivity contribution is 0.318. The molecule has 2 heterocycles. The molecule has 4 aromatic rings. The minimum absolute atomic E-state index is 0.261. The lowest BCUT2D eigenvalue weighted by Gasteiger charge is -2.16. The molecule has 6 nitrogen and oxygen atoms in total. The Morgan fingerprint density at radius 1 is 1.12 bits per heavy atom. The number of sulfonamides is 1. The van der Waals surface area contributed by atoms with Crippen LogP contribution in [0.25, 0.3) is 21.7 Å². The van der Waals surface area contributed by atoms with Gasteiger partial charge in [0.2, 0.25) is 10.0 Å². The van der Waals surface area contributed by atoms with Gasteiger partial charge in [0.15, 0.2) is 5.58 Å². The van der Waals surface area contributed by atoms with Crippen molar-refractivity contribution < 1.29 is 17.3 Å². The number of halogens is 2. The minimum atomic E-state index is -3.58. The van der Waals surface area contributed by atoms with Crippen molar-refractivity contribution in [3.8, 4) is 0 Å². The summed E-state index contributed by atoms with van der Waals surface area (Å²) in [5.41, 5.74) is 1.31. The van der Waals surface area contributed by atoms with Gasteiger partial charge in [0, 0.05) is 29.6 Å². The van der Waals surface area contributed by atoms with E-state index < -0.39 is 10.0 Å². The Kier molecular flexibility index (Phi) is 6.57. The third-order valence-electron chi connectivity index (χ3n) is 6.41. The van der Waals surface area contributed by atoms with Gasteiger partial charge in [0.25, 0.3) is 0 Å². The summed E-state index contributed by atoms with van der Waals surface area (Å²) in [4.78, 5) is 2.61. The van der Waals surface area contributed by atoms with E-state index in [-0.39, 0.29) is 16.6 Å². The number of aryl methyl sites for hydroxylation is 1. The van der Waals surface area contributed by atoms with Gasteiger partial charge in [-0.15, -0.1) is 0 Å². The molecule has 0 amide bonds. The van der Waals surface area contributed by atoms with Crippen LogP contribution in [0.15, 0.2) is 64.0 Å². The van der Waals surface area contributed by atoms with Crippen LogP contribution in [-0.4, -0.2) is 44.7 Å². The van der Waals surface area contributed by atoms with Gasteiger partial charge in [-0.05, 0) is 85.4 Å². The molecule has 34 heavy (non-hydrogen) atoms. The molecule has 3 aromatic carbocycles. The Morgan fingerprint density at radius 2 is 1.94 bits per heavy atom. The van der Waals surface area contributed by atoms with Crippen LogP contribution in [0, 0.1) is 11.7 Å². The zero-order valence-corrected chi connectivity index (χ0v) is 20.1. The lowest BCUT2D eigenvalue weighted by Crippen LogP contribution is -2.31. The van der Waals surface area contributed by atoms with E-state index >= 15 is 0 Å². The van der Waals surface area contributed by atoms with E-state index in [1.807, 2.05) is 12.1 Å². The second kappa shape index (κ2) is 9.62. The van der Waals surface area contributed by atoms with E-state index in [1.165, 1.54) is 12.1 Å². The molecule has 0 aliphatic carbocycles. The van der Waals surface area contributed by atoms with Gasteiger partial charge < -0.3 is 9.42 Å². The van der Waals surface area contributed by atoms with Crippen molar-refractivity contribution in [2.75, 3.05) is 26.2 Å². The number of nitrogens with one attached hydrogen (secondary N) is 1. The number of benzene rings is 3. The second-order valence-corrected chi connectivity index (χ2v) is 11.0. The van der Waals surface area contributed by atoms with Crippen LogP contribution >= 0.6 is 11.6 Å². The van der Waals surface area contributed by atoms with E-state index in [9.17, 15) is 12.8 Å². The summed E-state index contributed by atoms with van der Waals surface area (Å²) >= 11 is 6.01. The fourth-order valence-corrected chi connectivity index (χ4v) is 5.90. The molecule has 9 heteroatoms. The first kappa shape index (κ1) is 23.2. The van der Waals surface area contributed by atoms with Gasteiger partial charge in [-0.1, -0.05) is 28.9 Å². The highest BCUT2D eigenvalue weighted by molar-refractivity contribution is 7.89. The highest BCUT2D eigenvalue weighted by Crippen LogP contribution is 2.24.